The van der Waals surface area contributed by atoms with Crippen LogP contribution in [0.3, 0.4) is 0 Å². The molecule has 0 saturated heterocycles. The molecule has 0 fully saturated rings. The first-order valence-corrected chi connectivity index (χ1v) is 12.9. The molecule has 0 aliphatic carbocycles. The maximum absolute atomic E-state index is 11.3. The fourth-order valence-electron chi connectivity index (χ4n) is 2.30. The molecule has 0 aromatic carbocycles. The van der Waals surface area contributed by atoms with Crippen molar-refractivity contribution >= 4 is 88.9 Å². The maximum atomic E-state index is 11.3. The topological polar surface area (TPSA) is 173 Å². The fraction of sp³-hybridized carbons (Fsp3) is 0.429. The molecule has 40 heavy (non-hydrogen) atoms. The molecule has 0 aliphatic heterocycles. The van der Waals surface area contributed by atoms with Crippen LogP contribution in [0.1, 0.15) is 59.8 Å². The van der Waals surface area contributed by atoms with Gasteiger partial charge in [-0.25, -0.2) is 14.4 Å². The van der Waals surface area contributed by atoms with E-state index in [1.54, 1.807) is 45.9 Å². The minimum Gasteiger partial charge on any atom is -0.870 e. The van der Waals surface area contributed by atoms with Crippen LogP contribution in [-0.4, -0.2) is 71.0 Å². The predicted octanol–water partition coefficient (Wildman–Crippen LogP) is 3.01. The van der Waals surface area contributed by atoms with Gasteiger partial charge >= 0.3 is 47.5 Å². The van der Waals surface area contributed by atoms with Gasteiger partial charge in [0, 0.05) is 27.3 Å². The minimum atomic E-state index is -1.09. The average molecular weight is 812 g/mol. The van der Waals surface area contributed by atoms with Crippen molar-refractivity contribution in [1.29, 1.82) is 0 Å². The normalized spacial score (nSPS) is 9.05. The fourth-order valence-corrected chi connectivity index (χ4v) is 4.64. The molecule has 19 heteroatoms. The Morgan fingerprint density at radius 3 is 1.50 bits per heavy atom. The number of carbonyl (C=O) groups is 3. The summed E-state index contributed by atoms with van der Waals surface area (Å²) in [6, 6.07) is 0. The molecule has 0 bridgehead atoms. The van der Waals surface area contributed by atoms with Crippen LogP contribution in [0, 0.1) is 0 Å². The first kappa shape index (κ1) is 46.0. The number of ether oxygens (including phenoxy) is 2. The monoisotopic (exact) mass is 808 g/mol. The van der Waals surface area contributed by atoms with Gasteiger partial charge in [0.25, 0.3) is 0 Å². The molecule has 13 nitrogen and oxygen atoms in total. The van der Waals surface area contributed by atoms with Crippen LogP contribution < -0.4 is 29.6 Å². The van der Waals surface area contributed by atoms with Crippen molar-refractivity contribution in [3.05, 3.63) is 47.0 Å². The van der Waals surface area contributed by atoms with Gasteiger partial charge < -0.3 is 20.1 Å². The third-order valence-electron chi connectivity index (χ3n) is 3.84. The van der Waals surface area contributed by atoms with E-state index in [4.69, 9.17) is 37.8 Å². The van der Waals surface area contributed by atoms with Crippen LogP contribution in [0.5, 0.6) is 0 Å². The summed E-state index contributed by atoms with van der Waals surface area (Å²) in [5, 5.41) is 20.6. The number of hydrogen-bond acceptors (Lipinski definition) is 9. The third-order valence-corrected chi connectivity index (χ3v) is 6.40. The number of aromatic carboxylic acids is 1. The Bertz CT molecular complexity index is 1250. The van der Waals surface area contributed by atoms with Crippen molar-refractivity contribution in [1.82, 2.24) is 29.3 Å². The molecule has 3 aromatic heterocycles. The molecule has 0 saturated carbocycles. The van der Waals surface area contributed by atoms with E-state index in [0.717, 1.165) is 0 Å². The second-order valence-electron chi connectivity index (χ2n) is 6.41. The standard InChI is InChI=1S/C7H8BrClN2O2.C7H9BrN2O2.C5H4BrClN2O2.2CH4.Na.H2O/c1-3-13-7(12)4-5(8)10-11(2)6(4)9;1-3-12-7(11)5-4-10(2)9-6(5)8;1-9-4(7)2(5(10)11)3(6)8-9;;;;/h3H2,1-2H3;4H,3H2,1-2H3;1H3,(H,10,11);2*1H4;;1H2/q;;;;;+1;/p-1. The number of nitrogens with zero attached hydrogens (tertiary/aromatic N) is 6. The van der Waals surface area contributed by atoms with Gasteiger partial charge in [-0.15, -0.1) is 0 Å². The Hall–Kier alpha value is -0.980. The quantitative estimate of drug-likeness (QED) is 0.298. The van der Waals surface area contributed by atoms with Crippen LogP contribution in [0.25, 0.3) is 0 Å². The van der Waals surface area contributed by atoms with E-state index >= 15 is 0 Å². The van der Waals surface area contributed by atoms with E-state index < -0.39 is 11.9 Å². The predicted molar refractivity (Wildman–Crippen MR) is 157 cm³/mol. The molecule has 0 atom stereocenters. The maximum Gasteiger partial charge on any atom is 1.00 e. The van der Waals surface area contributed by atoms with Crippen LogP contribution >= 0.6 is 71.0 Å². The summed E-state index contributed by atoms with van der Waals surface area (Å²) in [5.41, 5.74) is 0.722. The number of halogens is 5. The second kappa shape index (κ2) is 21.7. The van der Waals surface area contributed by atoms with E-state index in [9.17, 15) is 14.4 Å². The van der Waals surface area contributed by atoms with Crippen LogP contribution in [-0.2, 0) is 30.6 Å². The molecule has 3 heterocycles. The number of esters is 2. The molecule has 0 radical (unpaired) electrons. The van der Waals surface area contributed by atoms with Gasteiger partial charge in [-0.05, 0) is 61.6 Å². The van der Waals surface area contributed by atoms with Gasteiger partial charge in [0.2, 0.25) is 0 Å². The molecular formula is C21H30Br3Cl2N6NaO7. The zero-order valence-corrected chi connectivity index (χ0v) is 29.3. The zero-order chi connectivity index (χ0) is 27.7. The number of aromatic nitrogens is 6. The molecule has 0 spiro atoms. The van der Waals surface area contributed by atoms with Gasteiger partial charge in [-0.1, -0.05) is 38.1 Å². The van der Waals surface area contributed by atoms with Gasteiger partial charge in [0.05, 0.1) is 13.2 Å². The van der Waals surface area contributed by atoms with Crippen molar-refractivity contribution in [3.63, 3.8) is 0 Å². The Balaban J connectivity index is -0.000000232. The Morgan fingerprint density at radius 2 is 1.23 bits per heavy atom. The van der Waals surface area contributed by atoms with Gasteiger partial charge in [-0.2, -0.15) is 15.3 Å². The summed E-state index contributed by atoms with van der Waals surface area (Å²) in [6.07, 6.45) is 1.61. The molecular weight excluding hydrogens is 782 g/mol. The molecule has 0 unspecified atom stereocenters. The zero-order valence-electron chi connectivity index (χ0n) is 21.0. The summed E-state index contributed by atoms with van der Waals surface area (Å²) >= 11 is 20.7. The average Bonchev–Trinajstić information content (AvgIpc) is 3.34. The molecule has 222 valence electrons. The molecule has 3 aromatic rings. The van der Waals surface area contributed by atoms with Gasteiger partial charge in [0.1, 0.15) is 40.8 Å². The van der Waals surface area contributed by atoms with Gasteiger partial charge in [0.15, 0.2) is 0 Å². The summed E-state index contributed by atoms with van der Waals surface area (Å²) < 4.78 is 15.0. The second-order valence-corrected chi connectivity index (χ2v) is 9.38. The number of carboxylic acids is 1. The third kappa shape index (κ3) is 12.9. The molecule has 0 amide bonds. The van der Waals surface area contributed by atoms with E-state index in [2.05, 4.69) is 63.1 Å². The Kier molecular flexibility index (Phi) is 24.9. The smallest absolute Gasteiger partial charge is 0.870 e. The number of carbonyl (C=O) groups excluding carboxylic acids is 2. The van der Waals surface area contributed by atoms with Crippen molar-refractivity contribution in [2.45, 2.75) is 28.7 Å². The molecule has 3 rings (SSSR count). The molecule has 2 N–H and O–H groups in total. The van der Waals surface area contributed by atoms with Crippen molar-refractivity contribution in [2.24, 2.45) is 21.1 Å². The van der Waals surface area contributed by atoms with Crippen molar-refractivity contribution in [3.8, 4) is 0 Å². The van der Waals surface area contributed by atoms with Crippen LogP contribution in [0.2, 0.25) is 10.3 Å². The minimum absolute atomic E-state index is 0. The number of carboxylic acid groups (broad SMARTS) is 1. The van der Waals surface area contributed by atoms with Crippen LogP contribution in [0.15, 0.2) is 20.0 Å². The van der Waals surface area contributed by atoms with Gasteiger partial charge in [-0.3, -0.25) is 14.0 Å². The number of rotatable bonds is 5. The van der Waals surface area contributed by atoms with Crippen molar-refractivity contribution in [2.75, 3.05) is 13.2 Å². The summed E-state index contributed by atoms with van der Waals surface area (Å²) in [6.45, 7) is 4.19. The SMILES string of the molecule is C.C.CCOC(=O)c1c(Br)nn(C)c1Cl.CCOC(=O)c1cn(C)nc1Br.Cn1nc(Br)c(C(=O)O)c1Cl.[Na+].[OH-]. The number of hydrogen-bond donors (Lipinski definition) is 1. The first-order chi connectivity index (χ1) is 16.8. The van der Waals surface area contributed by atoms with E-state index in [-0.39, 0.29) is 81.9 Å². The molecule has 0 aliphatic rings. The van der Waals surface area contributed by atoms with E-state index in [0.29, 0.717) is 28.0 Å². The van der Waals surface area contributed by atoms with Crippen LogP contribution in [0.4, 0.5) is 0 Å². The van der Waals surface area contributed by atoms with Crippen molar-refractivity contribution < 1.29 is 64.0 Å². The van der Waals surface area contributed by atoms with E-state index in [1.807, 2.05) is 0 Å². The Morgan fingerprint density at radius 1 is 0.825 bits per heavy atom. The largest absolute Gasteiger partial charge is 1.00 e. The Labute approximate surface area is 289 Å². The summed E-state index contributed by atoms with van der Waals surface area (Å²) in [7, 11) is 4.96. The summed E-state index contributed by atoms with van der Waals surface area (Å²) in [4.78, 5) is 33.0. The van der Waals surface area contributed by atoms with E-state index in [1.165, 1.54) is 9.36 Å². The first-order valence-electron chi connectivity index (χ1n) is 9.79. The summed E-state index contributed by atoms with van der Waals surface area (Å²) in [5.74, 6) is -1.90. The number of aryl methyl sites for hydroxylation is 3.